The van der Waals surface area contributed by atoms with Gasteiger partial charge in [0, 0.05) is 18.8 Å². The van der Waals surface area contributed by atoms with Crippen LogP contribution in [0.3, 0.4) is 0 Å². The summed E-state index contributed by atoms with van der Waals surface area (Å²) in [5.41, 5.74) is 1.82. The minimum absolute atomic E-state index is 0.0315. The predicted octanol–water partition coefficient (Wildman–Crippen LogP) is 2.60. The highest BCUT2D eigenvalue weighted by Crippen LogP contribution is 2.30. The van der Waals surface area contributed by atoms with E-state index in [1.807, 2.05) is 28.8 Å². The molecule has 0 saturated heterocycles. The number of imidazole rings is 1. The van der Waals surface area contributed by atoms with Crippen LogP contribution in [0.2, 0.25) is 0 Å². The molecule has 0 aromatic carbocycles. The fourth-order valence-corrected chi connectivity index (χ4v) is 3.21. The average molecular weight is 259 g/mol. The summed E-state index contributed by atoms with van der Waals surface area (Å²) in [6.07, 6.45) is 7.07. The lowest BCUT2D eigenvalue weighted by molar-refractivity contribution is 0.276. The fourth-order valence-electron chi connectivity index (χ4n) is 3.21. The Labute approximate surface area is 113 Å². The number of anilines is 1. The predicted molar refractivity (Wildman–Crippen MR) is 76.4 cm³/mol. The normalized spacial score (nSPS) is 16.3. The molecule has 0 aliphatic heterocycles. The molecule has 4 heteroatoms. The van der Waals surface area contributed by atoms with Crippen molar-refractivity contribution in [1.29, 1.82) is 0 Å². The van der Waals surface area contributed by atoms with E-state index in [0.717, 1.165) is 23.7 Å². The molecule has 0 unspecified atom stereocenters. The van der Waals surface area contributed by atoms with Crippen LogP contribution in [0.4, 0.5) is 5.82 Å². The van der Waals surface area contributed by atoms with Crippen LogP contribution in [0.25, 0.3) is 5.65 Å². The second kappa shape index (κ2) is 5.21. The van der Waals surface area contributed by atoms with Crippen LogP contribution in [0.5, 0.6) is 0 Å². The second-order valence-corrected chi connectivity index (χ2v) is 5.19. The molecule has 1 saturated carbocycles. The molecule has 0 atom stereocenters. The van der Waals surface area contributed by atoms with Crippen molar-refractivity contribution in [3.63, 3.8) is 0 Å². The molecule has 3 rings (SSSR count). The van der Waals surface area contributed by atoms with Crippen molar-refractivity contribution in [3.05, 3.63) is 30.1 Å². The van der Waals surface area contributed by atoms with Gasteiger partial charge in [-0.05, 0) is 31.9 Å². The van der Waals surface area contributed by atoms with E-state index in [2.05, 4.69) is 11.8 Å². The summed E-state index contributed by atoms with van der Waals surface area (Å²) in [4.78, 5) is 7.09. The second-order valence-electron chi connectivity index (χ2n) is 5.19. The van der Waals surface area contributed by atoms with Gasteiger partial charge in [0.2, 0.25) is 0 Å². The first kappa shape index (κ1) is 12.5. The molecule has 0 bridgehead atoms. The van der Waals surface area contributed by atoms with Gasteiger partial charge in [0.15, 0.2) is 5.82 Å². The van der Waals surface area contributed by atoms with Crippen molar-refractivity contribution >= 4 is 11.5 Å². The van der Waals surface area contributed by atoms with Gasteiger partial charge in [-0.2, -0.15) is 0 Å². The molecule has 0 spiro atoms. The molecular formula is C15H21N3O. The van der Waals surface area contributed by atoms with Crippen molar-refractivity contribution in [3.8, 4) is 0 Å². The summed E-state index contributed by atoms with van der Waals surface area (Å²) in [5.74, 6) is 0.961. The Morgan fingerprint density at radius 1 is 1.37 bits per heavy atom. The lowest BCUT2D eigenvalue weighted by Gasteiger charge is -2.28. The number of hydrogen-bond donors (Lipinski definition) is 1. The van der Waals surface area contributed by atoms with Crippen LogP contribution in [-0.4, -0.2) is 27.1 Å². The molecular weight excluding hydrogens is 238 g/mol. The summed E-state index contributed by atoms with van der Waals surface area (Å²) >= 11 is 0. The van der Waals surface area contributed by atoms with Gasteiger partial charge in [-0.3, -0.25) is 4.40 Å². The molecule has 1 aliphatic carbocycles. The number of fused-ring (bicyclic) bond motifs is 1. The van der Waals surface area contributed by atoms with E-state index < -0.39 is 0 Å². The maximum atomic E-state index is 9.71. The number of aromatic nitrogens is 2. The van der Waals surface area contributed by atoms with Crippen molar-refractivity contribution in [2.24, 2.45) is 0 Å². The van der Waals surface area contributed by atoms with Gasteiger partial charge in [-0.25, -0.2) is 4.98 Å². The number of pyridine rings is 1. The van der Waals surface area contributed by atoms with Gasteiger partial charge >= 0.3 is 0 Å². The molecule has 0 amide bonds. The summed E-state index contributed by atoms with van der Waals surface area (Å²) < 4.78 is 1.99. The Hall–Kier alpha value is -1.55. The quantitative estimate of drug-likeness (QED) is 0.917. The molecule has 102 valence electrons. The third kappa shape index (κ3) is 2.10. The van der Waals surface area contributed by atoms with Crippen LogP contribution < -0.4 is 4.90 Å². The standard InChI is InChI=1S/C15H21N3O/c1-2-17(12-7-3-4-8-12)15-13(11-19)18-10-6-5-9-14(18)16-15/h5-6,9-10,12,19H,2-4,7-8,11H2,1H3. The SMILES string of the molecule is CCN(c1nc2ccccn2c1CO)C1CCCC1. The lowest BCUT2D eigenvalue weighted by atomic mass is 10.2. The van der Waals surface area contributed by atoms with E-state index in [1.165, 1.54) is 25.7 Å². The highest BCUT2D eigenvalue weighted by atomic mass is 16.3. The van der Waals surface area contributed by atoms with Crippen LogP contribution in [0.15, 0.2) is 24.4 Å². The van der Waals surface area contributed by atoms with E-state index in [4.69, 9.17) is 4.98 Å². The minimum Gasteiger partial charge on any atom is -0.390 e. The molecule has 4 nitrogen and oxygen atoms in total. The third-order valence-corrected chi connectivity index (χ3v) is 4.14. The molecule has 1 N–H and O–H groups in total. The topological polar surface area (TPSA) is 40.8 Å². The zero-order valence-electron chi connectivity index (χ0n) is 11.4. The zero-order chi connectivity index (χ0) is 13.2. The Morgan fingerprint density at radius 3 is 2.84 bits per heavy atom. The van der Waals surface area contributed by atoms with Crippen molar-refractivity contribution in [2.45, 2.75) is 45.3 Å². The monoisotopic (exact) mass is 259 g/mol. The Kier molecular flexibility index (Phi) is 3.42. The zero-order valence-corrected chi connectivity index (χ0v) is 11.4. The first-order chi connectivity index (χ1) is 9.35. The number of hydrogen-bond acceptors (Lipinski definition) is 3. The Balaban J connectivity index is 2.06. The largest absolute Gasteiger partial charge is 0.390 e. The maximum Gasteiger partial charge on any atom is 0.153 e. The summed E-state index contributed by atoms with van der Waals surface area (Å²) in [7, 11) is 0. The third-order valence-electron chi connectivity index (χ3n) is 4.14. The fraction of sp³-hybridized carbons (Fsp3) is 0.533. The molecule has 2 aromatic heterocycles. The Bertz CT molecular complexity index is 558. The van der Waals surface area contributed by atoms with Crippen molar-refractivity contribution in [2.75, 3.05) is 11.4 Å². The van der Waals surface area contributed by atoms with Gasteiger partial charge in [-0.1, -0.05) is 18.9 Å². The average Bonchev–Trinajstić information content (AvgIpc) is 3.07. The molecule has 1 aliphatic rings. The van der Waals surface area contributed by atoms with Crippen molar-refractivity contribution < 1.29 is 5.11 Å². The minimum atomic E-state index is 0.0315. The highest BCUT2D eigenvalue weighted by Gasteiger charge is 2.26. The molecule has 0 radical (unpaired) electrons. The smallest absolute Gasteiger partial charge is 0.153 e. The van der Waals surface area contributed by atoms with E-state index in [1.54, 1.807) is 0 Å². The maximum absolute atomic E-state index is 9.71. The first-order valence-corrected chi connectivity index (χ1v) is 7.18. The Morgan fingerprint density at radius 2 is 2.16 bits per heavy atom. The van der Waals surface area contributed by atoms with Crippen LogP contribution in [0, 0.1) is 0 Å². The van der Waals surface area contributed by atoms with Gasteiger partial charge in [-0.15, -0.1) is 0 Å². The summed E-state index contributed by atoms with van der Waals surface area (Å²) in [6.45, 7) is 3.15. The van der Waals surface area contributed by atoms with Crippen LogP contribution in [-0.2, 0) is 6.61 Å². The highest BCUT2D eigenvalue weighted by molar-refractivity contribution is 5.56. The summed E-state index contributed by atoms with van der Waals surface area (Å²) in [6, 6.07) is 6.54. The molecule has 1 fully saturated rings. The molecule has 19 heavy (non-hydrogen) atoms. The first-order valence-electron chi connectivity index (χ1n) is 7.18. The van der Waals surface area contributed by atoms with Crippen LogP contribution in [0.1, 0.15) is 38.3 Å². The van der Waals surface area contributed by atoms with Gasteiger partial charge in [0.1, 0.15) is 5.65 Å². The van der Waals surface area contributed by atoms with Gasteiger partial charge in [0.05, 0.1) is 12.3 Å². The number of nitrogens with zero attached hydrogens (tertiary/aromatic N) is 3. The van der Waals surface area contributed by atoms with E-state index >= 15 is 0 Å². The van der Waals surface area contributed by atoms with Crippen LogP contribution >= 0.6 is 0 Å². The van der Waals surface area contributed by atoms with E-state index in [-0.39, 0.29) is 6.61 Å². The number of aliphatic hydroxyl groups excluding tert-OH is 1. The van der Waals surface area contributed by atoms with Crippen molar-refractivity contribution in [1.82, 2.24) is 9.38 Å². The molecule has 2 heterocycles. The summed E-state index contributed by atoms with van der Waals surface area (Å²) in [5, 5.41) is 9.71. The number of rotatable bonds is 4. The van der Waals surface area contributed by atoms with E-state index in [9.17, 15) is 5.11 Å². The number of aliphatic hydroxyl groups is 1. The molecule has 2 aromatic rings. The van der Waals surface area contributed by atoms with Gasteiger partial charge < -0.3 is 10.0 Å². The van der Waals surface area contributed by atoms with Gasteiger partial charge in [0.25, 0.3) is 0 Å². The van der Waals surface area contributed by atoms with E-state index in [0.29, 0.717) is 6.04 Å². The lowest BCUT2D eigenvalue weighted by Crippen LogP contribution is -2.34.